The minimum Gasteiger partial charge on any atom is -0.481 e. The van der Waals surface area contributed by atoms with E-state index in [2.05, 4.69) is 6.92 Å². The molecule has 2 fully saturated rings. The zero-order valence-electron chi connectivity index (χ0n) is 10.8. The van der Waals surface area contributed by atoms with Crippen LogP contribution in [0.3, 0.4) is 0 Å². The van der Waals surface area contributed by atoms with Crippen LogP contribution in [0, 0.1) is 17.8 Å². The van der Waals surface area contributed by atoms with Crippen molar-refractivity contribution in [1.29, 1.82) is 0 Å². The monoisotopic (exact) mass is 272 g/mol. The molecule has 0 aromatic carbocycles. The van der Waals surface area contributed by atoms with Gasteiger partial charge in [0.2, 0.25) is 0 Å². The molecule has 1 saturated heterocycles. The largest absolute Gasteiger partial charge is 0.481 e. The number of esters is 1. The van der Waals surface area contributed by atoms with Crippen LogP contribution in [-0.2, 0) is 14.3 Å². The van der Waals surface area contributed by atoms with E-state index < -0.39 is 5.97 Å². The van der Waals surface area contributed by atoms with Crippen molar-refractivity contribution in [2.75, 3.05) is 5.75 Å². The normalized spacial score (nSPS) is 36.9. The summed E-state index contributed by atoms with van der Waals surface area (Å²) in [7, 11) is 0. The molecule has 0 aromatic heterocycles. The molecule has 1 saturated carbocycles. The summed E-state index contributed by atoms with van der Waals surface area (Å²) in [6, 6.07) is 0. The van der Waals surface area contributed by atoms with E-state index in [1.807, 2.05) is 0 Å². The van der Waals surface area contributed by atoms with Gasteiger partial charge in [-0.25, -0.2) is 0 Å². The molecule has 0 radical (unpaired) electrons. The predicted molar refractivity (Wildman–Crippen MR) is 69.4 cm³/mol. The van der Waals surface area contributed by atoms with E-state index >= 15 is 0 Å². The number of carbonyl (C=O) groups is 2. The minimum atomic E-state index is -0.743. The number of rotatable bonds is 4. The number of aliphatic carboxylic acids is 1. The zero-order valence-corrected chi connectivity index (χ0v) is 11.6. The number of hydrogen-bond donors (Lipinski definition) is 1. The van der Waals surface area contributed by atoms with Crippen molar-refractivity contribution in [3.63, 3.8) is 0 Å². The maximum Gasteiger partial charge on any atom is 0.306 e. The van der Waals surface area contributed by atoms with E-state index in [1.165, 1.54) is 0 Å². The van der Waals surface area contributed by atoms with Gasteiger partial charge in [-0.15, -0.1) is 0 Å². The molecule has 0 amide bonds. The Morgan fingerprint density at radius 2 is 2.28 bits per heavy atom. The molecule has 5 unspecified atom stereocenters. The van der Waals surface area contributed by atoms with Crippen molar-refractivity contribution in [1.82, 2.24) is 0 Å². The van der Waals surface area contributed by atoms with Gasteiger partial charge in [-0.3, -0.25) is 9.59 Å². The Morgan fingerprint density at radius 1 is 1.56 bits per heavy atom. The number of fused-ring (bicyclic) bond motifs is 2. The van der Waals surface area contributed by atoms with Gasteiger partial charge in [-0.1, -0.05) is 13.8 Å². The quantitative estimate of drug-likeness (QED) is 0.795. The summed E-state index contributed by atoms with van der Waals surface area (Å²) < 4.78 is 5.30. The highest BCUT2D eigenvalue weighted by atomic mass is 32.2. The molecule has 2 bridgehead atoms. The third-order valence-corrected chi connectivity index (χ3v) is 5.56. The fraction of sp³-hybridized carbons (Fsp3) is 0.846. The first-order valence-corrected chi connectivity index (χ1v) is 7.61. The van der Waals surface area contributed by atoms with E-state index in [0.29, 0.717) is 18.8 Å². The Labute approximate surface area is 111 Å². The van der Waals surface area contributed by atoms with Gasteiger partial charge in [0.1, 0.15) is 6.10 Å². The van der Waals surface area contributed by atoms with Crippen molar-refractivity contribution >= 4 is 23.7 Å². The fourth-order valence-corrected chi connectivity index (χ4v) is 4.68. The Bertz CT molecular complexity index is 344. The van der Waals surface area contributed by atoms with Gasteiger partial charge in [0.05, 0.1) is 5.92 Å². The van der Waals surface area contributed by atoms with Gasteiger partial charge in [0.25, 0.3) is 0 Å². The molecule has 102 valence electrons. The van der Waals surface area contributed by atoms with Crippen LogP contribution in [0.1, 0.15) is 33.1 Å². The summed E-state index contributed by atoms with van der Waals surface area (Å²) in [6.07, 6.45) is 2.01. The van der Waals surface area contributed by atoms with Gasteiger partial charge in [0.15, 0.2) is 0 Å². The molecule has 5 atom stereocenters. The second-order valence-electron chi connectivity index (χ2n) is 5.26. The molecule has 0 aromatic rings. The molecule has 1 N–H and O–H groups in total. The van der Waals surface area contributed by atoms with Crippen LogP contribution in [0.15, 0.2) is 0 Å². The number of hydrogen-bond acceptors (Lipinski definition) is 4. The van der Waals surface area contributed by atoms with E-state index in [-0.39, 0.29) is 29.2 Å². The molecule has 1 aliphatic carbocycles. The first kappa shape index (κ1) is 13.7. The van der Waals surface area contributed by atoms with E-state index in [4.69, 9.17) is 4.74 Å². The molecule has 18 heavy (non-hydrogen) atoms. The van der Waals surface area contributed by atoms with E-state index in [0.717, 1.165) is 12.2 Å². The topological polar surface area (TPSA) is 63.6 Å². The Morgan fingerprint density at radius 3 is 2.89 bits per heavy atom. The van der Waals surface area contributed by atoms with Gasteiger partial charge >= 0.3 is 11.9 Å². The van der Waals surface area contributed by atoms with Gasteiger partial charge in [-0.2, -0.15) is 11.8 Å². The molecule has 4 nitrogen and oxygen atoms in total. The molecule has 1 aliphatic heterocycles. The highest BCUT2D eigenvalue weighted by molar-refractivity contribution is 7.99. The second-order valence-corrected chi connectivity index (χ2v) is 6.71. The predicted octanol–water partition coefficient (Wildman–Crippen LogP) is 2.17. The maximum absolute atomic E-state index is 11.5. The lowest BCUT2D eigenvalue weighted by Gasteiger charge is -2.45. The highest BCUT2D eigenvalue weighted by Gasteiger charge is 2.46. The van der Waals surface area contributed by atoms with Crippen molar-refractivity contribution in [3.8, 4) is 0 Å². The summed E-state index contributed by atoms with van der Waals surface area (Å²) >= 11 is 1.81. The highest BCUT2D eigenvalue weighted by Crippen LogP contribution is 2.45. The number of carbonyl (C=O) groups excluding carboxylic acids is 1. The number of carboxylic acids is 1. The molecule has 2 rings (SSSR count). The number of thioether (sulfide) groups is 1. The third-order valence-electron chi connectivity index (χ3n) is 4.11. The molecule has 1 heterocycles. The number of carboxylic acid groups (broad SMARTS) is 1. The Kier molecular flexibility index (Phi) is 4.20. The van der Waals surface area contributed by atoms with Gasteiger partial charge < -0.3 is 9.84 Å². The molecule has 5 heteroatoms. The lowest BCUT2D eigenvalue weighted by Crippen LogP contribution is -2.47. The molecular weight excluding hydrogens is 252 g/mol. The summed E-state index contributed by atoms with van der Waals surface area (Å²) in [4.78, 5) is 22.7. The van der Waals surface area contributed by atoms with Crippen LogP contribution in [0.4, 0.5) is 0 Å². The fourth-order valence-electron chi connectivity index (χ4n) is 3.22. The Hall–Kier alpha value is -0.710. The molecule has 0 spiro atoms. The Balaban J connectivity index is 2.17. The van der Waals surface area contributed by atoms with E-state index in [1.54, 1.807) is 18.7 Å². The maximum atomic E-state index is 11.5. The van der Waals surface area contributed by atoms with Gasteiger partial charge in [-0.05, 0) is 30.4 Å². The van der Waals surface area contributed by atoms with Crippen LogP contribution >= 0.6 is 11.8 Å². The lowest BCUT2D eigenvalue weighted by molar-refractivity contribution is -0.163. The number of ether oxygens (including phenoxy) is 1. The average Bonchev–Trinajstić information content (AvgIpc) is 2.31. The summed E-state index contributed by atoms with van der Waals surface area (Å²) in [5, 5.41) is 9.50. The first-order chi connectivity index (χ1) is 8.52. The zero-order chi connectivity index (χ0) is 13.3. The second kappa shape index (κ2) is 5.51. The minimum absolute atomic E-state index is 0.0586. The van der Waals surface area contributed by atoms with Crippen molar-refractivity contribution in [2.45, 2.75) is 44.5 Å². The average molecular weight is 272 g/mol. The van der Waals surface area contributed by atoms with Crippen LogP contribution in [-0.4, -0.2) is 34.2 Å². The van der Waals surface area contributed by atoms with Crippen LogP contribution in [0.2, 0.25) is 0 Å². The first-order valence-electron chi connectivity index (χ1n) is 6.56. The van der Waals surface area contributed by atoms with Crippen molar-refractivity contribution < 1.29 is 19.4 Å². The smallest absolute Gasteiger partial charge is 0.306 e. The van der Waals surface area contributed by atoms with Crippen LogP contribution < -0.4 is 0 Å². The third kappa shape index (κ3) is 2.66. The van der Waals surface area contributed by atoms with Crippen LogP contribution in [0.5, 0.6) is 0 Å². The van der Waals surface area contributed by atoms with Crippen LogP contribution in [0.25, 0.3) is 0 Å². The lowest BCUT2D eigenvalue weighted by atomic mass is 9.71. The summed E-state index contributed by atoms with van der Waals surface area (Å²) in [5.41, 5.74) is 0. The SMILES string of the molecule is CCSC1C2CC(=O)OC(C2)CC1C(C)C(=O)O. The van der Waals surface area contributed by atoms with Gasteiger partial charge in [0, 0.05) is 11.7 Å². The summed E-state index contributed by atoms with van der Waals surface area (Å²) in [6.45, 7) is 3.86. The van der Waals surface area contributed by atoms with Crippen molar-refractivity contribution in [2.24, 2.45) is 17.8 Å². The molecule has 2 aliphatic rings. The standard InChI is InChI=1S/C13H20O4S/c1-3-18-12-8-4-9(17-11(14)5-8)6-10(12)7(2)13(15)16/h7-10,12H,3-6H2,1-2H3,(H,15,16). The summed E-state index contributed by atoms with van der Waals surface area (Å²) in [5.74, 6) is 0.151. The van der Waals surface area contributed by atoms with Crippen molar-refractivity contribution in [3.05, 3.63) is 0 Å². The van der Waals surface area contributed by atoms with E-state index in [9.17, 15) is 14.7 Å². The molecular formula is C13H20O4S.